The Labute approximate surface area is 275 Å². The molecule has 1 fully saturated rings. The number of carboxylic acid groups (broad SMARTS) is 1. The molecule has 1 N–H and O–H groups in total. The number of benzene rings is 3. The average Bonchev–Trinajstić information content (AvgIpc) is 3.56. The predicted molar refractivity (Wildman–Crippen MR) is 183 cm³/mol. The molecule has 9 heteroatoms. The summed E-state index contributed by atoms with van der Waals surface area (Å²) in [6.45, 7) is 8.11. The number of aromatic carboxylic acids is 1. The number of rotatable bonds is 9. The van der Waals surface area contributed by atoms with Crippen LogP contribution in [0.3, 0.4) is 0 Å². The molecule has 9 nitrogen and oxygen atoms in total. The smallest absolute Gasteiger partial charge is 0.352 e. The number of aromatic nitrogens is 3. The Kier molecular flexibility index (Phi) is 9.29. The van der Waals surface area contributed by atoms with E-state index in [2.05, 4.69) is 52.8 Å². The number of hydrogen-bond donors (Lipinski definition) is 1. The predicted octanol–water partition coefficient (Wildman–Crippen LogP) is 6.79. The van der Waals surface area contributed by atoms with Crippen LogP contribution >= 0.6 is 0 Å². The molecule has 2 aliphatic rings. The number of hydrogen-bond acceptors (Lipinski definition) is 6. The summed E-state index contributed by atoms with van der Waals surface area (Å²) < 4.78 is 22.4. The Morgan fingerprint density at radius 3 is 2.62 bits per heavy atom. The van der Waals surface area contributed by atoms with Gasteiger partial charge < -0.3 is 23.9 Å². The molecule has 47 heavy (non-hydrogen) atoms. The molecule has 1 unspecified atom stereocenters. The Balaban J connectivity index is 1.24. The third-order valence-electron chi connectivity index (χ3n) is 9.81. The second-order valence-electron chi connectivity index (χ2n) is 12.7. The van der Waals surface area contributed by atoms with Crippen molar-refractivity contribution in [2.24, 2.45) is 7.05 Å². The van der Waals surface area contributed by atoms with Crippen LogP contribution in [0.15, 0.2) is 60.7 Å². The molecule has 0 amide bonds. The highest BCUT2D eigenvalue weighted by molar-refractivity contribution is 6.04. The second kappa shape index (κ2) is 13.9. The maximum absolute atomic E-state index is 13.0. The molecule has 2 aliphatic heterocycles. The summed E-state index contributed by atoms with van der Waals surface area (Å²) in [5.74, 6) is -0.0412. The lowest BCUT2D eigenvalue weighted by Crippen LogP contribution is -2.37. The van der Waals surface area contributed by atoms with Crippen molar-refractivity contribution in [2.45, 2.75) is 51.7 Å². The minimum atomic E-state index is -0.894. The summed E-state index contributed by atoms with van der Waals surface area (Å²) in [4.78, 5) is 15.5. The fraction of sp³-hybridized carbons (Fsp3) is 0.421. The minimum Gasteiger partial charge on any atom is -0.493 e. The van der Waals surface area contributed by atoms with E-state index in [1.54, 1.807) is 0 Å². The Morgan fingerprint density at radius 1 is 0.979 bits per heavy atom. The number of fused-ring (bicyclic) bond motifs is 3. The molecule has 4 heterocycles. The van der Waals surface area contributed by atoms with E-state index in [4.69, 9.17) is 19.3 Å². The van der Waals surface area contributed by atoms with Gasteiger partial charge >= 0.3 is 5.97 Å². The first-order chi connectivity index (χ1) is 23.0. The van der Waals surface area contributed by atoms with Gasteiger partial charge in [-0.3, -0.25) is 9.58 Å². The summed E-state index contributed by atoms with van der Waals surface area (Å²) in [6, 6.07) is 20.6. The van der Waals surface area contributed by atoms with Crippen LogP contribution in [0.1, 0.15) is 59.2 Å². The van der Waals surface area contributed by atoms with Crippen LogP contribution < -0.4 is 4.74 Å². The molecule has 0 bridgehead atoms. The molecule has 0 aliphatic carbocycles. The quantitative estimate of drug-likeness (QED) is 0.178. The van der Waals surface area contributed by atoms with E-state index in [1.165, 1.54) is 0 Å². The zero-order chi connectivity index (χ0) is 32.3. The van der Waals surface area contributed by atoms with Gasteiger partial charge in [0.05, 0.1) is 31.0 Å². The molecule has 2 aromatic heterocycles. The molecule has 1 saturated heterocycles. The number of nitrogens with zero attached hydrogens (tertiary/aromatic N) is 4. The first-order valence-electron chi connectivity index (χ1n) is 16.9. The molecule has 0 spiro atoms. The van der Waals surface area contributed by atoms with Crippen molar-refractivity contribution < 1.29 is 24.1 Å². The maximum Gasteiger partial charge on any atom is 0.352 e. The van der Waals surface area contributed by atoms with E-state index in [-0.39, 0.29) is 6.10 Å². The lowest BCUT2D eigenvalue weighted by Gasteiger charge is -2.28. The van der Waals surface area contributed by atoms with Crippen molar-refractivity contribution in [1.29, 1.82) is 0 Å². The fourth-order valence-electron chi connectivity index (χ4n) is 7.37. The van der Waals surface area contributed by atoms with Gasteiger partial charge in [-0.25, -0.2) is 4.79 Å². The van der Waals surface area contributed by atoms with Crippen LogP contribution in [-0.4, -0.2) is 76.4 Å². The van der Waals surface area contributed by atoms with Crippen LogP contribution in [0.5, 0.6) is 5.75 Å². The Hall–Kier alpha value is -4.18. The monoisotopic (exact) mass is 636 g/mol. The number of carbonyl (C=O) groups is 1. The maximum atomic E-state index is 13.0. The fourth-order valence-corrected chi connectivity index (χ4v) is 7.37. The second-order valence-corrected chi connectivity index (χ2v) is 12.7. The van der Waals surface area contributed by atoms with Crippen LogP contribution in [-0.2, 0) is 29.5 Å². The van der Waals surface area contributed by atoms with E-state index in [0.717, 1.165) is 108 Å². The van der Waals surface area contributed by atoms with Gasteiger partial charge in [-0.15, -0.1) is 0 Å². The minimum absolute atomic E-state index is 0.158. The highest BCUT2D eigenvalue weighted by Gasteiger charge is 2.30. The summed E-state index contributed by atoms with van der Waals surface area (Å²) in [5.41, 5.74) is 6.27. The van der Waals surface area contributed by atoms with Crippen molar-refractivity contribution in [3.05, 3.63) is 83.3 Å². The zero-order valence-corrected chi connectivity index (χ0v) is 27.4. The van der Waals surface area contributed by atoms with Gasteiger partial charge in [0.15, 0.2) is 0 Å². The van der Waals surface area contributed by atoms with Crippen molar-refractivity contribution in [3.63, 3.8) is 0 Å². The first kappa shape index (κ1) is 31.4. The molecular formula is C38H44N4O5. The average molecular weight is 637 g/mol. The van der Waals surface area contributed by atoms with Crippen LogP contribution in [0.25, 0.3) is 32.8 Å². The molecule has 0 saturated carbocycles. The third-order valence-corrected chi connectivity index (χ3v) is 9.81. The number of ether oxygens (including phenoxy) is 3. The largest absolute Gasteiger partial charge is 0.493 e. The van der Waals surface area contributed by atoms with Crippen LogP contribution in [0, 0.1) is 6.92 Å². The van der Waals surface area contributed by atoms with Crippen molar-refractivity contribution in [3.8, 4) is 16.9 Å². The molecule has 3 aromatic carbocycles. The van der Waals surface area contributed by atoms with Gasteiger partial charge in [-0.1, -0.05) is 54.6 Å². The number of para-hydroxylation sites is 1. The van der Waals surface area contributed by atoms with Crippen LogP contribution in [0.4, 0.5) is 0 Å². The SMILES string of the molecule is Cc1c2c(nn1C)C(CCN1CCOCC1)OCCCCn1c(C(=O)O)c(CCCOc3cccc4ccccc34)c3cccc-2c31. The van der Waals surface area contributed by atoms with Gasteiger partial charge in [0.2, 0.25) is 0 Å². The molecule has 7 rings (SSSR count). The van der Waals surface area contributed by atoms with Crippen molar-refractivity contribution in [1.82, 2.24) is 19.2 Å². The van der Waals surface area contributed by atoms with E-state index in [1.807, 2.05) is 36.0 Å². The lowest BCUT2D eigenvalue weighted by molar-refractivity contribution is 0.00974. The summed E-state index contributed by atoms with van der Waals surface area (Å²) >= 11 is 0. The Bertz CT molecular complexity index is 1880. The molecule has 1 atom stereocenters. The van der Waals surface area contributed by atoms with Gasteiger partial charge in [-0.2, -0.15) is 5.10 Å². The first-order valence-corrected chi connectivity index (χ1v) is 16.9. The van der Waals surface area contributed by atoms with Crippen LogP contribution in [0.2, 0.25) is 0 Å². The number of carboxylic acids is 1. The molecule has 0 radical (unpaired) electrons. The van der Waals surface area contributed by atoms with E-state index >= 15 is 0 Å². The van der Waals surface area contributed by atoms with Gasteiger partial charge in [-0.05, 0) is 56.0 Å². The molecule has 246 valence electrons. The van der Waals surface area contributed by atoms with Gasteiger partial charge in [0, 0.05) is 67.4 Å². The van der Waals surface area contributed by atoms with E-state index in [0.29, 0.717) is 38.3 Å². The van der Waals surface area contributed by atoms with E-state index < -0.39 is 5.97 Å². The highest BCUT2D eigenvalue weighted by atomic mass is 16.5. The standard InChI is InChI=1S/C38H44N4O5/c1-26-34-31-14-8-13-29-30(15-9-23-46-32-16-7-11-27-10-3-4-12-28(27)32)37(38(43)44)42(36(29)31)18-5-6-22-47-33(35(34)39-40(26)2)17-19-41-20-24-45-25-21-41/h3-4,7-8,10-14,16,33H,5-6,9,15,17-25H2,1-2H3,(H,43,44). The summed E-state index contributed by atoms with van der Waals surface area (Å²) in [7, 11) is 1.98. The lowest BCUT2D eigenvalue weighted by atomic mass is 9.96. The summed E-state index contributed by atoms with van der Waals surface area (Å²) in [6.07, 6.45) is 3.63. The van der Waals surface area contributed by atoms with Crippen molar-refractivity contribution >= 4 is 27.6 Å². The topological polar surface area (TPSA) is 91.0 Å². The zero-order valence-electron chi connectivity index (χ0n) is 27.4. The van der Waals surface area contributed by atoms with E-state index in [9.17, 15) is 9.90 Å². The molecule has 5 aromatic rings. The number of aryl methyl sites for hydroxylation is 3. The van der Waals surface area contributed by atoms with Crippen molar-refractivity contribution in [2.75, 3.05) is 46.1 Å². The van der Waals surface area contributed by atoms with Gasteiger partial charge in [0.1, 0.15) is 17.5 Å². The third kappa shape index (κ3) is 6.27. The highest BCUT2D eigenvalue weighted by Crippen LogP contribution is 2.41. The number of morpholine rings is 1. The van der Waals surface area contributed by atoms with Gasteiger partial charge in [0.25, 0.3) is 0 Å². The normalized spacial score (nSPS) is 17.4. The molecular weight excluding hydrogens is 592 g/mol. The Morgan fingerprint density at radius 2 is 1.77 bits per heavy atom. The summed E-state index contributed by atoms with van der Waals surface area (Å²) in [5, 5.41) is 18.9.